The molecule has 0 radical (unpaired) electrons. The number of hydrogen-bond acceptors (Lipinski definition) is 5. The van der Waals surface area contributed by atoms with E-state index in [0.29, 0.717) is 18.1 Å². The molecule has 0 aliphatic heterocycles. The average molecular weight is 247 g/mol. The van der Waals surface area contributed by atoms with Crippen LogP contribution in [-0.4, -0.2) is 17.5 Å². The number of ether oxygens (including phenoxy) is 1. The Balaban J connectivity index is 1.77. The highest BCUT2D eigenvalue weighted by atomic mass is 16.5. The van der Waals surface area contributed by atoms with Crippen molar-refractivity contribution in [1.82, 2.24) is 10.3 Å². The average Bonchev–Trinajstić information content (AvgIpc) is 2.88. The first-order valence-corrected chi connectivity index (χ1v) is 5.38. The van der Waals surface area contributed by atoms with Gasteiger partial charge in [-0.3, -0.25) is 4.79 Å². The Morgan fingerprint density at radius 2 is 2.33 bits per heavy atom. The van der Waals surface area contributed by atoms with Crippen LogP contribution in [-0.2, 0) is 11.3 Å². The summed E-state index contributed by atoms with van der Waals surface area (Å²) in [7, 11) is 0. The first-order valence-electron chi connectivity index (χ1n) is 5.38. The highest BCUT2D eigenvalue weighted by Gasteiger charge is 2.05. The maximum Gasteiger partial charge on any atom is 0.258 e. The van der Waals surface area contributed by atoms with E-state index < -0.39 is 0 Å². The Bertz CT molecular complexity index is 511. The Hall–Kier alpha value is -2.50. The highest BCUT2D eigenvalue weighted by molar-refractivity contribution is 5.77. The molecule has 0 aliphatic rings. The van der Waals surface area contributed by atoms with Crippen molar-refractivity contribution in [2.24, 2.45) is 0 Å². The number of furan rings is 1. The summed E-state index contributed by atoms with van der Waals surface area (Å²) in [6, 6.07) is 6.88. The van der Waals surface area contributed by atoms with Crippen LogP contribution in [0.1, 0.15) is 5.76 Å². The summed E-state index contributed by atoms with van der Waals surface area (Å²) in [5.41, 5.74) is 5.58. The lowest BCUT2D eigenvalue weighted by Gasteiger charge is -2.07. The molecule has 0 bridgehead atoms. The van der Waals surface area contributed by atoms with Crippen LogP contribution in [0.15, 0.2) is 41.1 Å². The van der Waals surface area contributed by atoms with Gasteiger partial charge in [-0.15, -0.1) is 0 Å². The lowest BCUT2D eigenvalue weighted by molar-refractivity contribution is -0.123. The normalized spacial score (nSPS) is 10.0. The van der Waals surface area contributed by atoms with Crippen molar-refractivity contribution in [3.8, 4) is 5.75 Å². The molecular formula is C12H13N3O3. The molecule has 0 spiro atoms. The van der Waals surface area contributed by atoms with Crippen molar-refractivity contribution in [1.29, 1.82) is 0 Å². The van der Waals surface area contributed by atoms with E-state index in [-0.39, 0.29) is 18.3 Å². The van der Waals surface area contributed by atoms with Gasteiger partial charge in [-0.2, -0.15) is 0 Å². The molecule has 6 nitrogen and oxygen atoms in total. The van der Waals surface area contributed by atoms with E-state index in [1.807, 2.05) is 0 Å². The molecule has 1 amide bonds. The minimum atomic E-state index is -0.255. The number of aromatic nitrogens is 1. The van der Waals surface area contributed by atoms with Crippen molar-refractivity contribution in [2.75, 3.05) is 12.3 Å². The summed E-state index contributed by atoms with van der Waals surface area (Å²) in [4.78, 5) is 15.3. The summed E-state index contributed by atoms with van der Waals surface area (Å²) < 4.78 is 10.3. The fourth-order valence-electron chi connectivity index (χ4n) is 1.32. The molecule has 94 valence electrons. The first-order chi connectivity index (χ1) is 8.75. The van der Waals surface area contributed by atoms with Gasteiger partial charge < -0.3 is 20.2 Å². The molecule has 2 aromatic heterocycles. The van der Waals surface area contributed by atoms with Crippen LogP contribution in [0, 0.1) is 0 Å². The maximum absolute atomic E-state index is 11.5. The predicted octanol–water partition coefficient (Wildman–Crippen LogP) is 0.952. The first kappa shape index (κ1) is 12.0. The van der Waals surface area contributed by atoms with Gasteiger partial charge in [0, 0.05) is 6.20 Å². The molecule has 2 heterocycles. The van der Waals surface area contributed by atoms with E-state index >= 15 is 0 Å². The van der Waals surface area contributed by atoms with E-state index in [0.717, 1.165) is 0 Å². The van der Waals surface area contributed by atoms with Crippen LogP contribution in [0.3, 0.4) is 0 Å². The fraction of sp³-hybridized carbons (Fsp3) is 0.167. The van der Waals surface area contributed by atoms with Crippen molar-refractivity contribution < 1.29 is 13.9 Å². The summed E-state index contributed by atoms with van der Waals surface area (Å²) in [6.45, 7) is 0.217. The van der Waals surface area contributed by atoms with Crippen LogP contribution in [0.4, 0.5) is 5.82 Å². The summed E-state index contributed by atoms with van der Waals surface area (Å²) >= 11 is 0. The monoisotopic (exact) mass is 247 g/mol. The number of anilines is 1. The zero-order valence-corrected chi connectivity index (χ0v) is 9.63. The molecule has 0 atom stereocenters. The van der Waals surface area contributed by atoms with Gasteiger partial charge in [-0.05, 0) is 24.3 Å². The lowest BCUT2D eigenvalue weighted by Crippen LogP contribution is -2.28. The number of rotatable bonds is 5. The van der Waals surface area contributed by atoms with Crippen molar-refractivity contribution in [2.45, 2.75) is 6.54 Å². The minimum Gasteiger partial charge on any atom is -0.480 e. The van der Waals surface area contributed by atoms with E-state index in [9.17, 15) is 4.79 Å². The number of nitrogen functional groups attached to an aromatic ring is 1. The lowest BCUT2D eigenvalue weighted by atomic mass is 10.4. The molecule has 0 saturated carbocycles. The molecule has 2 aromatic rings. The van der Waals surface area contributed by atoms with Crippen LogP contribution >= 0.6 is 0 Å². The number of amides is 1. The van der Waals surface area contributed by atoms with Crippen LogP contribution in [0.2, 0.25) is 0 Å². The SMILES string of the molecule is Nc1ncccc1OCC(=O)NCc1ccco1. The Labute approximate surface area is 104 Å². The number of nitrogens with two attached hydrogens (primary N) is 1. The number of carbonyl (C=O) groups is 1. The number of hydrogen-bond donors (Lipinski definition) is 2. The Morgan fingerprint density at radius 1 is 1.44 bits per heavy atom. The quantitative estimate of drug-likeness (QED) is 0.821. The largest absolute Gasteiger partial charge is 0.480 e. The predicted molar refractivity (Wildman–Crippen MR) is 64.7 cm³/mol. The van der Waals surface area contributed by atoms with Gasteiger partial charge in [0.15, 0.2) is 18.2 Å². The third-order valence-corrected chi connectivity index (χ3v) is 2.20. The molecule has 0 unspecified atom stereocenters. The molecule has 0 saturated heterocycles. The smallest absolute Gasteiger partial charge is 0.258 e. The zero-order chi connectivity index (χ0) is 12.8. The standard InChI is InChI=1S/C12H13N3O3/c13-12-10(4-1-5-14-12)18-8-11(16)15-7-9-3-2-6-17-9/h1-6H,7-8H2,(H2,13,14)(H,15,16). The van der Waals surface area contributed by atoms with E-state index in [4.69, 9.17) is 14.9 Å². The summed E-state index contributed by atoms with van der Waals surface area (Å²) in [5, 5.41) is 2.66. The minimum absolute atomic E-state index is 0.114. The van der Waals surface area contributed by atoms with Gasteiger partial charge in [0.1, 0.15) is 5.76 Å². The van der Waals surface area contributed by atoms with Crippen LogP contribution in [0.5, 0.6) is 5.75 Å². The van der Waals surface area contributed by atoms with E-state index in [1.165, 1.54) is 0 Å². The highest BCUT2D eigenvalue weighted by Crippen LogP contribution is 2.16. The van der Waals surface area contributed by atoms with Gasteiger partial charge in [-0.25, -0.2) is 4.98 Å². The molecule has 18 heavy (non-hydrogen) atoms. The molecule has 6 heteroatoms. The molecule has 0 fully saturated rings. The van der Waals surface area contributed by atoms with Gasteiger partial charge >= 0.3 is 0 Å². The molecule has 0 aromatic carbocycles. The van der Waals surface area contributed by atoms with Crippen molar-refractivity contribution in [3.05, 3.63) is 42.5 Å². The molecular weight excluding hydrogens is 234 g/mol. The second-order valence-electron chi connectivity index (χ2n) is 3.53. The molecule has 3 N–H and O–H groups in total. The zero-order valence-electron chi connectivity index (χ0n) is 9.63. The Kier molecular flexibility index (Phi) is 3.80. The third-order valence-electron chi connectivity index (χ3n) is 2.20. The summed E-state index contributed by atoms with van der Waals surface area (Å²) in [6.07, 6.45) is 3.10. The van der Waals surface area contributed by atoms with Gasteiger partial charge in [-0.1, -0.05) is 0 Å². The second kappa shape index (κ2) is 5.72. The number of carbonyl (C=O) groups excluding carboxylic acids is 1. The number of pyridine rings is 1. The van der Waals surface area contributed by atoms with Crippen molar-refractivity contribution in [3.63, 3.8) is 0 Å². The van der Waals surface area contributed by atoms with Crippen molar-refractivity contribution >= 4 is 11.7 Å². The number of nitrogens with one attached hydrogen (secondary N) is 1. The maximum atomic E-state index is 11.5. The molecule has 2 rings (SSSR count). The molecule has 0 aliphatic carbocycles. The van der Waals surface area contributed by atoms with E-state index in [1.54, 1.807) is 36.7 Å². The van der Waals surface area contributed by atoms with Gasteiger partial charge in [0.2, 0.25) is 0 Å². The number of nitrogens with zero attached hydrogens (tertiary/aromatic N) is 1. The van der Waals surface area contributed by atoms with Gasteiger partial charge in [0.05, 0.1) is 12.8 Å². The third kappa shape index (κ3) is 3.24. The van der Waals surface area contributed by atoms with Crippen LogP contribution < -0.4 is 15.8 Å². The summed E-state index contributed by atoms with van der Waals surface area (Å²) in [5.74, 6) is 1.08. The van der Waals surface area contributed by atoms with E-state index in [2.05, 4.69) is 10.3 Å². The van der Waals surface area contributed by atoms with Gasteiger partial charge in [0.25, 0.3) is 5.91 Å². The van der Waals surface area contributed by atoms with Crippen LogP contribution in [0.25, 0.3) is 0 Å². The fourth-order valence-corrected chi connectivity index (χ4v) is 1.32. The second-order valence-corrected chi connectivity index (χ2v) is 3.53. The topological polar surface area (TPSA) is 90.4 Å². The Morgan fingerprint density at radius 3 is 3.06 bits per heavy atom.